The van der Waals surface area contributed by atoms with E-state index >= 15 is 0 Å². The van der Waals surface area contributed by atoms with Gasteiger partial charge in [0.15, 0.2) is 0 Å². The van der Waals surface area contributed by atoms with Crippen LogP contribution in [0.2, 0.25) is 0 Å². The minimum atomic E-state index is 0.585. The SMILES string of the molecule is CC(C)Cc1cccc(C(C)CCN)c1. The Bertz CT molecular complexity index is 291. The Morgan fingerprint density at radius 3 is 2.53 bits per heavy atom. The average Bonchev–Trinajstić information content (AvgIpc) is 2.17. The van der Waals surface area contributed by atoms with E-state index in [1.165, 1.54) is 17.5 Å². The zero-order chi connectivity index (χ0) is 11.3. The first-order chi connectivity index (χ1) is 7.13. The van der Waals surface area contributed by atoms with Gasteiger partial charge in [0.1, 0.15) is 0 Å². The number of hydrogen-bond acceptors (Lipinski definition) is 1. The van der Waals surface area contributed by atoms with Gasteiger partial charge in [-0.05, 0) is 42.3 Å². The normalized spacial score (nSPS) is 13.1. The lowest BCUT2D eigenvalue weighted by molar-refractivity contribution is 0.643. The first-order valence-corrected chi connectivity index (χ1v) is 5.92. The Hall–Kier alpha value is -0.820. The van der Waals surface area contributed by atoms with Crippen LogP contribution < -0.4 is 5.73 Å². The second kappa shape index (κ2) is 5.92. The summed E-state index contributed by atoms with van der Waals surface area (Å²) in [5, 5.41) is 0. The van der Waals surface area contributed by atoms with E-state index in [1.54, 1.807) is 0 Å². The van der Waals surface area contributed by atoms with Gasteiger partial charge < -0.3 is 5.73 Å². The van der Waals surface area contributed by atoms with E-state index in [-0.39, 0.29) is 0 Å². The highest BCUT2D eigenvalue weighted by atomic mass is 14.5. The Labute approximate surface area is 93.7 Å². The molecule has 1 atom stereocenters. The van der Waals surface area contributed by atoms with Crippen molar-refractivity contribution in [3.05, 3.63) is 35.4 Å². The summed E-state index contributed by atoms with van der Waals surface area (Å²) in [4.78, 5) is 0. The Balaban J connectivity index is 2.73. The second-order valence-electron chi connectivity index (χ2n) is 4.82. The van der Waals surface area contributed by atoms with Gasteiger partial charge >= 0.3 is 0 Å². The molecule has 0 heterocycles. The lowest BCUT2D eigenvalue weighted by atomic mass is 9.94. The third-order valence-electron chi connectivity index (χ3n) is 2.76. The first kappa shape index (κ1) is 12.3. The Morgan fingerprint density at radius 2 is 1.93 bits per heavy atom. The maximum absolute atomic E-state index is 5.59. The van der Waals surface area contributed by atoms with Crippen LogP contribution in [0.4, 0.5) is 0 Å². The van der Waals surface area contributed by atoms with Gasteiger partial charge in [-0.1, -0.05) is 45.0 Å². The van der Waals surface area contributed by atoms with Crippen molar-refractivity contribution in [1.82, 2.24) is 0 Å². The van der Waals surface area contributed by atoms with Gasteiger partial charge in [-0.15, -0.1) is 0 Å². The van der Waals surface area contributed by atoms with Crippen LogP contribution in [0, 0.1) is 5.92 Å². The van der Waals surface area contributed by atoms with Gasteiger partial charge in [-0.25, -0.2) is 0 Å². The van der Waals surface area contributed by atoms with Crippen LogP contribution in [-0.2, 0) is 6.42 Å². The summed E-state index contributed by atoms with van der Waals surface area (Å²) >= 11 is 0. The van der Waals surface area contributed by atoms with Crippen molar-refractivity contribution in [1.29, 1.82) is 0 Å². The number of rotatable bonds is 5. The van der Waals surface area contributed by atoms with E-state index in [4.69, 9.17) is 5.73 Å². The van der Waals surface area contributed by atoms with Crippen molar-refractivity contribution in [2.24, 2.45) is 11.7 Å². The number of nitrogens with two attached hydrogens (primary N) is 1. The Morgan fingerprint density at radius 1 is 1.20 bits per heavy atom. The van der Waals surface area contributed by atoms with Crippen LogP contribution in [0.3, 0.4) is 0 Å². The molecule has 0 amide bonds. The van der Waals surface area contributed by atoms with Crippen molar-refractivity contribution in [2.75, 3.05) is 6.54 Å². The van der Waals surface area contributed by atoms with Gasteiger partial charge in [0.05, 0.1) is 0 Å². The zero-order valence-corrected chi connectivity index (χ0v) is 10.2. The van der Waals surface area contributed by atoms with Gasteiger partial charge in [-0.3, -0.25) is 0 Å². The fourth-order valence-corrected chi connectivity index (χ4v) is 1.91. The molecule has 1 aromatic carbocycles. The highest BCUT2D eigenvalue weighted by molar-refractivity contribution is 5.26. The van der Waals surface area contributed by atoms with Crippen LogP contribution >= 0.6 is 0 Å². The third kappa shape index (κ3) is 4.05. The first-order valence-electron chi connectivity index (χ1n) is 5.92. The lowest BCUT2D eigenvalue weighted by Gasteiger charge is -2.12. The smallest absolute Gasteiger partial charge is 0.00715 e. The minimum Gasteiger partial charge on any atom is -0.330 e. The molecule has 15 heavy (non-hydrogen) atoms. The summed E-state index contributed by atoms with van der Waals surface area (Å²) in [5.74, 6) is 1.31. The van der Waals surface area contributed by atoms with E-state index in [0.29, 0.717) is 5.92 Å². The molecule has 1 aromatic rings. The minimum absolute atomic E-state index is 0.585. The standard InChI is InChI=1S/C14H23N/c1-11(2)9-13-5-4-6-14(10-13)12(3)7-8-15/h4-6,10-12H,7-9,15H2,1-3H3. The summed E-state index contributed by atoms with van der Waals surface area (Å²) in [6, 6.07) is 8.93. The van der Waals surface area contributed by atoms with E-state index in [1.807, 2.05) is 0 Å². The molecule has 0 saturated carbocycles. The molecule has 0 aliphatic heterocycles. The maximum Gasteiger partial charge on any atom is -0.00715 e. The molecule has 84 valence electrons. The predicted molar refractivity (Wildman–Crippen MR) is 67.1 cm³/mol. The van der Waals surface area contributed by atoms with Crippen LogP contribution in [0.1, 0.15) is 44.2 Å². The van der Waals surface area contributed by atoms with Crippen LogP contribution in [0.15, 0.2) is 24.3 Å². The van der Waals surface area contributed by atoms with Crippen molar-refractivity contribution in [3.8, 4) is 0 Å². The van der Waals surface area contributed by atoms with Crippen LogP contribution in [-0.4, -0.2) is 6.54 Å². The summed E-state index contributed by atoms with van der Waals surface area (Å²) in [7, 11) is 0. The molecule has 0 spiro atoms. The molecule has 1 nitrogen and oxygen atoms in total. The molecule has 1 unspecified atom stereocenters. The van der Waals surface area contributed by atoms with E-state index in [0.717, 1.165) is 18.9 Å². The fraction of sp³-hybridized carbons (Fsp3) is 0.571. The largest absolute Gasteiger partial charge is 0.330 e. The molecular weight excluding hydrogens is 182 g/mol. The average molecular weight is 205 g/mol. The zero-order valence-electron chi connectivity index (χ0n) is 10.2. The fourth-order valence-electron chi connectivity index (χ4n) is 1.91. The van der Waals surface area contributed by atoms with Gasteiger partial charge in [0.25, 0.3) is 0 Å². The quantitative estimate of drug-likeness (QED) is 0.784. The molecule has 1 rings (SSSR count). The van der Waals surface area contributed by atoms with Gasteiger partial charge in [0, 0.05) is 0 Å². The molecule has 0 bridgehead atoms. The topological polar surface area (TPSA) is 26.0 Å². The van der Waals surface area contributed by atoms with E-state index in [2.05, 4.69) is 45.0 Å². The maximum atomic E-state index is 5.59. The highest BCUT2D eigenvalue weighted by Crippen LogP contribution is 2.20. The molecule has 0 aromatic heterocycles. The van der Waals surface area contributed by atoms with Crippen LogP contribution in [0.5, 0.6) is 0 Å². The third-order valence-corrected chi connectivity index (χ3v) is 2.76. The Kier molecular flexibility index (Phi) is 4.83. The summed E-state index contributed by atoms with van der Waals surface area (Å²) in [5.41, 5.74) is 8.47. The van der Waals surface area contributed by atoms with Crippen LogP contribution in [0.25, 0.3) is 0 Å². The van der Waals surface area contributed by atoms with E-state index < -0.39 is 0 Å². The molecule has 0 fully saturated rings. The summed E-state index contributed by atoms with van der Waals surface area (Å²) in [6.45, 7) is 7.54. The molecule has 2 N–H and O–H groups in total. The van der Waals surface area contributed by atoms with Crippen molar-refractivity contribution in [3.63, 3.8) is 0 Å². The lowest BCUT2D eigenvalue weighted by Crippen LogP contribution is -2.05. The molecule has 0 aliphatic rings. The summed E-state index contributed by atoms with van der Waals surface area (Å²) in [6.07, 6.45) is 2.24. The van der Waals surface area contributed by atoms with Crippen molar-refractivity contribution < 1.29 is 0 Å². The summed E-state index contributed by atoms with van der Waals surface area (Å²) < 4.78 is 0. The predicted octanol–water partition coefficient (Wildman–Crippen LogP) is 3.34. The molecule has 0 radical (unpaired) electrons. The van der Waals surface area contributed by atoms with Gasteiger partial charge in [-0.2, -0.15) is 0 Å². The molecular formula is C14H23N. The van der Waals surface area contributed by atoms with Gasteiger partial charge in [0.2, 0.25) is 0 Å². The number of benzene rings is 1. The molecule has 1 heteroatoms. The highest BCUT2D eigenvalue weighted by Gasteiger charge is 2.05. The second-order valence-corrected chi connectivity index (χ2v) is 4.82. The van der Waals surface area contributed by atoms with E-state index in [9.17, 15) is 0 Å². The molecule has 0 saturated heterocycles. The number of hydrogen-bond donors (Lipinski definition) is 1. The molecule has 0 aliphatic carbocycles. The van der Waals surface area contributed by atoms with Crippen molar-refractivity contribution in [2.45, 2.75) is 39.5 Å². The van der Waals surface area contributed by atoms with Crippen molar-refractivity contribution >= 4 is 0 Å². The monoisotopic (exact) mass is 205 g/mol.